The number of aryl methyl sites for hydroxylation is 1. The molecule has 27 heavy (non-hydrogen) atoms. The Morgan fingerprint density at radius 3 is 2.74 bits per heavy atom. The van der Waals surface area contributed by atoms with Gasteiger partial charge in [0.2, 0.25) is 0 Å². The average molecular weight is 375 g/mol. The van der Waals surface area contributed by atoms with Gasteiger partial charge in [-0.2, -0.15) is 5.26 Å². The van der Waals surface area contributed by atoms with Gasteiger partial charge >= 0.3 is 0 Å². The third-order valence-corrected chi connectivity index (χ3v) is 4.49. The van der Waals surface area contributed by atoms with Crippen LogP contribution in [-0.2, 0) is 0 Å². The number of aromatic nitrogens is 3. The first-order valence-corrected chi connectivity index (χ1v) is 8.53. The lowest BCUT2D eigenvalue weighted by atomic mass is 10.0. The van der Waals surface area contributed by atoms with Gasteiger partial charge in [-0.25, -0.2) is 9.37 Å². The summed E-state index contributed by atoms with van der Waals surface area (Å²) in [5, 5.41) is 10.5. The molecule has 0 atom stereocenters. The monoisotopic (exact) mass is 374 g/mol. The van der Waals surface area contributed by atoms with E-state index in [1.807, 2.05) is 24.3 Å². The van der Waals surface area contributed by atoms with Gasteiger partial charge in [0.25, 0.3) is 0 Å². The second-order valence-corrected chi connectivity index (χ2v) is 6.43. The van der Waals surface area contributed by atoms with Crippen molar-refractivity contribution < 1.29 is 4.39 Å². The fraction of sp³-hybridized carbons (Fsp3) is 0.0476. The molecular weight excluding hydrogens is 363 g/mol. The molecule has 0 unspecified atom stereocenters. The molecule has 0 radical (unpaired) electrons. The van der Waals surface area contributed by atoms with Gasteiger partial charge in [0, 0.05) is 28.9 Å². The van der Waals surface area contributed by atoms with Gasteiger partial charge in [-0.3, -0.25) is 9.97 Å². The normalized spacial score (nSPS) is 10.7. The van der Waals surface area contributed by atoms with Gasteiger partial charge in [0.15, 0.2) is 0 Å². The molecule has 0 aliphatic heterocycles. The Morgan fingerprint density at radius 1 is 1.07 bits per heavy atom. The van der Waals surface area contributed by atoms with E-state index in [1.165, 1.54) is 6.07 Å². The highest BCUT2D eigenvalue weighted by Gasteiger charge is 2.18. The van der Waals surface area contributed by atoms with Crippen molar-refractivity contribution in [2.24, 2.45) is 0 Å². The molecule has 0 bridgehead atoms. The zero-order chi connectivity index (χ0) is 19.0. The molecular formula is C21H12ClFN4. The summed E-state index contributed by atoms with van der Waals surface area (Å²) in [6, 6.07) is 13.9. The van der Waals surface area contributed by atoms with Crippen molar-refractivity contribution in [3.05, 3.63) is 77.0 Å². The smallest absolute Gasteiger partial charge is 0.150 e. The number of hydrogen-bond acceptors (Lipinski definition) is 4. The lowest BCUT2D eigenvalue weighted by molar-refractivity contribution is 0.626. The molecule has 4 aromatic rings. The fourth-order valence-electron chi connectivity index (χ4n) is 2.96. The van der Waals surface area contributed by atoms with E-state index in [2.05, 4.69) is 15.0 Å². The molecule has 2 heterocycles. The van der Waals surface area contributed by atoms with Crippen LogP contribution in [0, 0.1) is 24.1 Å². The second-order valence-electron chi connectivity index (χ2n) is 6.02. The predicted octanol–water partition coefficient (Wildman–Crippen LogP) is 5.33. The molecule has 6 heteroatoms. The molecule has 0 saturated carbocycles. The number of pyridine rings is 1. The van der Waals surface area contributed by atoms with Crippen LogP contribution in [0.4, 0.5) is 4.39 Å². The summed E-state index contributed by atoms with van der Waals surface area (Å²) in [5.74, 6) is -0.616. The molecule has 4 nitrogen and oxygen atoms in total. The van der Waals surface area contributed by atoms with Crippen molar-refractivity contribution >= 4 is 22.5 Å². The van der Waals surface area contributed by atoms with Crippen LogP contribution in [0.25, 0.3) is 33.4 Å². The molecule has 0 aliphatic rings. The van der Waals surface area contributed by atoms with Crippen LogP contribution in [0.2, 0.25) is 5.02 Å². The van der Waals surface area contributed by atoms with Crippen LogP contribution in [0.5, 0.6) is 0 Å². The van der Waals surface area contributed by atoms with E-state index >= 15 is 0 Å². The van der Waals surface area contributed by atoms with Crippen molar-refractivity contribution in [1.82, 2.24) is 15.0 Å². The SMILES string of the molecule is Cc1cnc(-c2cc(Cl)c3ncccc3c2)c(-c2cccc(C#N)c2F)n1. The highest BCUT2D eigenvalue weighted by atomic mass is 35.5. The topological polar surface area (TPSA) is 62.5 Å². The number of benzene rings is 2. The van der Waals surface area contributed by atoms with Crippen LogP contribution < -0.4 is 0 Å². The highest BCUT2D eigenvalue weighted by Crippen LogP contribution is 2.35. The predicted molar refractivity (Wildman–Crippen MR) is 103 cm³/mol. The number of halogens is 2. The summed E-state index contributed by atoms with van der Waals surface area (Å²) in [4.78, 5) is 13.3. The number of nitrogens with zero attached hydrogens (tertiary/aromatic N) is 4. The summed E-state index contributed by atoms with van der Waals surface area (Å²) >= 11 is 6.39. The zero-order valence-electron chi connectivity index (χ0n) is 14.2. The summed E-state index contributed by atoms with van der Waals surface area (Å²) < 4.78 is 14.8. The third-order valence-electron chi connectivity index (χ3n) is 4.20. The first-order valence-electron chi connectivity index (χ1n) is 8.16. The molecule has 0 fully saturated rings. The Hall–Kier alpha value is -3.36. The third kappa shape index (κ3) is 3.01. The molecule has 4 rings (SSSR count). The van der Waals surface area contributed by atoms with Crippen molar-refractivity contribution in [3.63, 3.8) is 0 Å². The number of nitriles is 1. The number of rotatable bonds is 2. The maximum Gasteiger partial charge on any atom is 0.150 e. The van der Waals surface area contributed by atoms with Crippen molar-refractivity contribution in [2.45, 2.75) is 6.92 Å². The van der Waals surface area contributed by atoms with Gasteiger partial charge in [0.05, 0.1) is 33.2 Å². The van der Waals surface area contributed by atoms with Crippen molar-refractivity contribution in [2.75, 3.05) is 0 Å². The lowest BCUT2D eigenvalue weighted by Gasteiger charge is -2.12. The van der Waals surface area contributed by atoms with E-state index in [0.717, 1.165) is 5.39 Å². The Balaban J connectivity index is 2.00. The molecule has 0 aliphatic carbocycles. The van der Waals surface area contributed by atoms with E-state index in [1.54, 1.807) is 37.5 Å². The molecule has 0 spiro atoms. The highest BCUT2D eigenvalue weighted by molar-refractivity contribution is 6.35. The number of fused-ring (bicyclic) bond motifs is 1. The summed E-state index contributed by atoms with van der Waals surface area (Å²) in [7, 11) is 0. The Kier molecular flexibility index (Phi) is 4.27. The molecule has 2 aromatic carbocycles. The first-order chi connectivity index (χ1) is 13.1. The van der Waals surface area contributed by atoms with E-state index in [4.69, 9.17) is 16.9 Å². The minimum absolute atomic E-state index is 0.0394. The Morgan fingerprint density at radius 2 is 1.93 bits per heavy atom. The molecule has 0 amide bonds. The van der Waals surface area contributed by atoms with E-state index in [0.29, 0.717) is 33.2 Å². The summed E-state index contributed by atoms with van der Waals surface area (Å²) in [6.07, 6.45) is 3.29. The van der Waals surface area contributed by atoms with Crippen molar-refractivity contribution in [1.29, 1.82) is 5.26 Å². The molecule has 0 saturated heterocycles. The maximum atomic E-state index is 14.8. The average Bonchev–Trinajstić information content (AvgIpc) is 2.68. The van der Waals surface area contributed by atoms with E-state index < -0.39 is 5.82 Å². The van der Waals surface area contributed by atoms with Crippen LogP contribution in [0.15, 0.2) is 54.9 Å². The van der Waals surface area contributed by atoms with Gasteiger partial charge in [-0.05, 0) is 37.3 Å². The Labute approximate surface area is 159 Å². The van der Waals surface area contributed by atoms with Crippen LogP contribution in [0.3, 0.4) is 0 Å². The zero-order valence-corrected chi connectivity index (χ0v) is 15.0. The second kappa shape index (κ2) is 6.75. The first kappa shape index (κ1) is 17.1. The maximum absolute atomic E-state index is 14.8. The van der Waals surface area contributed by atoms with E-state index in [-0.39, 0.29) is 11.1 Å². The van der Waals surface area contributed by atoms with Gasteiger partial charge in [-0.15, -0.1) is 0 Å². The van der Waals surface area contributed by atoms with Crippen LogP contribution in [0.1, 0.15) is 11.3 Å². The van der Waals surface area contributed by atoms with Gasteiger partial charge < -0.3 is 0 Å². The molecule has 0 N–H and O–H groups in total. The van der Waals surface area contributed by atoms with Gasteiger partial charge in [0.1, 0.15) is 11.9 Å². The molecule has 2 aromatic heterocycles. The minimum Gasteiger partial charge on any atom is -0.255 e. The summed E-state index contributed by atoms with van der Waals surface area (Å²) in [5.41, 5.74) is 3.06. The molecule has 130 valence electrons. The summed E-state index contributed by atoms with van der Waals surface area (Å²) in [6.45, 7) is 1.78. The standard InChI is InChI=1S/C21H12ClFN4/c1-12-11-26-20(15-8-13-5-3-7-25-19(13)17(22)9-15)21(27-12)16-6-2-4-14(10-24)18(16)23/h2-9,11H,1H3. The van der Waals surface area contributed by atoms with Crippen LogP contribution in [-0.4, -0.2) is 15.0 Å². The minimum atomic E-state index is -0.616. The van der Waals surface area contributed by atoms with Gasteiger partial charge in [-0.1, -0.05) is 23.7 Å². The largest absolute Gasteiger partial charge is 0.255 e. The Bertz CT molecular complexity index is 1230. The van der Waals surface area contributed by atoms with Crippen LogP contribution >= 0.6 is 11.6 Å². The lowest BCUT2D eigenvalue weighted by Crippen LogP contribution is -1.99. The quantitative estimate of drug-likeness (QED) is 0.475. The fourth-order valence-corrected chi connectivity index (χ4v) is 3.24. The van der Waals surface area contributed by atoms with E-state index in [9.17, 15) is 4.39 Å². The number of hydrogen-bond donors (Lipinski definition) is 0. The van der Waals surface area contributed by atoms with Crippen molar-refractivity contribution in [3.8, 4) is 28.6 Å².